The Kier molecular flexibility index (Phi) is 6.14. The number of amides is 2. The lowest BCUT2D eigenvalue weighted by Crippen LogP contribution is -2.29. The monoisotopic (exact) mass is 419 g/mol. The summed E-state index contributed by atoms with van der Waals surface area (Å²) < 4.78 is 0. The van der Waals surface area contributed by atoms with Crippen molar-refractivity contribution in [3.05, 3.63) is 82.0 Å². The molecule has 0 bridgehead atoms. The van der Waals surface area contributed by atoms with Crippen LogP contribution in [0.2, 0.25) is 0 Å². The number of rotatable bonds is 6. The third-order valence-corrected chi connectivity index (χ3v) is 6.21. The van der Waals surface area contributed by atoms with Gasteiger partial charge in [0, 0.05) is 32.4 Å². The summed E-state index contributed by atoms with van der Waals surface area (Å²) in [6.07, 6.45) is 2.42. The summed E-state index contributed by atoms with van der Waals surface area (Å²) in [5.74, 6) is -0.319. The Labute approximate surface area is 180 Å². The van der Waals surface area contributed by atoms with Gasteiger partial charge in [0.25, 0.3) is 11.8 Å². The van der Waals surface area contributed by atoms with Crippen molar-refractivity contribution in [3.63, 3.8) is 0 Å². The zero-order valence-electron chi connectivity index (χ0n) is 17.0. The van der Waals surface area contributed by atoms with Gasteiger partial charge in [0.05, 0.1) is 16.1 Å². The molecule has 0 spiro atoms. The van der Waals surface area contributed by atoms with Crippen LogP contribution in [-0.4, -0.2) is 36.9 Å². The number of nitrogens with one attached hydrogen (secondary N) is 1. The highest BCUT2D eigenvalue weighted by Gasteiger charge is 2.20. The molecule has 1 saturated heterocycles. The average Bonchev–Trinajstić information content (AvgIpc) is 3.48. The van der Waals surface area contributed by atoms with Crippen molar-refractivity contribution in [2.24, 2.45) is 0 Å². The van der Waals surface area contributed by atoms with E-state index in [-0.39, 0.29) is 11.8 Å². The molecule has 2 heterocycles. The number of benzene rings is 2. The highest BCUT2D eigenvalue weighted by Crippen LogP contribution is 2.26. The molecule has 1 aromatic heterocycles. The van der Waals surface area contributed by atoms with E-state index in [4.69, 9.17) is 0 Å². The van der Waals surface area contributed by atoms with E-state index in [9.17, 15) is 9.59 Å². The predicted octanol–water partition coefficient (Wildman–Crippen LogP) is 4.87. The lowest BCUT2D eigenvalue weighted by atomic mass is 10.1. The Hall–Kier alpha value is -3.12. The fraction of sp³-hybridized carbons (Fsp3) is 0.250. The molecule has 2 aromatic carbocycles. The molecule has 4 rings (SSSR count). The van der Waals surface area contributed by atoms with Gasteiger partial charge in [-0.3, -0.25) is 9.59 Å². The van der Waals surface area contributed by atoms with Crippen molar-refractivity contribution >= 4 is 34.5 Å². The molecule has 2 amide bonds. The van der Waals surface area contributed by atoms with Gasteiger partial charge in [-0.05, 0) is 48.1 Å². The summed E-state index contributed by atoms with van der Waals surface area (Å²) in [5.41, 5.74) is 3.36. The van der Waals surface area contributed by atoms with Gasteiger partial charge in [-0.1, -0.05) is 36.4 Å². The first-order valence-electron chi connectivity index (χ1n) is 10.2. The lowest BCUT2D eigenvalue weighted by molar-refractivity contribution is 0.0786. The Balaban J connectivity index is 1.52. The Morgan fingerprint density at radius 3 is 2.50 bits per heavy atom. The van der Waals surface area contributed by atoms with Crippen LogP contribution in [0.25, 0.3) is 0 Å². The molecule has 0 atom stereocenters. The summed E-state index contributed by atoms with van der Waals surface area (Å²) in [6.45, 7) is 2.64. The number of hydrogen-bond acceptors (Lipinski definition) is 4. The van der Waals surface area contributed by atoms with E-state index < -0.39 is 0 Å². The SMILES string of the molecule is CN(Cc1ccccc1N1CCCC1)C(=O)c1ccccc1NC(=O)c1cccs1. The average molecular weight is 420 g/mol. The minimum Gasteiger partial charge on any atom is -0.371 e. The molecular formula is C24H25N3O2S. The van der Waals surface area contributed by atoms with Crippen LogP contribution < -0.4 is 10.2 Å². The van der Waals surface area contributed by atoms with Crippen LogP contribution in [-0.2, 0) is 6.54 Å². The van der Waals surface area contributed by atoms with E-state index in [1.807, 2.05) is 35.7 Å². The summed E-state index contributed by atoms with van der Waals surface area (Å²) in [4.78, 5) is 30.4. The molecule has 0 aliphatic carbocycles. The summed E-state index contributed by atoms with van der Waals surface area (Å²) >= 11 is 1.37. The minimum absolute atomic E-state index is 0.117. The van der Waals surface area contributed by atoms with Crippen molar-refractivity contribution in [1.82, 2.24) is 4.90 Å². The van der Waals surface area contributed by atoms with Gasteiger partial charge in [0.1, 0.15) is 0 Å². The lowest BCUT2D eigenvalue weighted by Gasteiger charge is -2.25. The van der Waals surface area contributed by atoms with Crippen molar-refractivity contribution < 1.29 is 9.59 Å². The first kappa shape index (κ1) is 20.2. The van der Waals surface area contributed by atoms with E-state index >= 15 is 0 Å². The fourth-order valence-electron chi connectivity index (χ4n) is 3.81. The molecular weight excluding hydrogens is 394 g/mol. The van der Waals surface area contributed by atoms with Crippen molar-refractivity contribution in [2.45, 2.75) is 19.4 Å². The zero-order chi connectivity index (χ0) is 20.9. The smallest absolute Gasteiger partial charge is 0.265 e. The standard InChI is InChI=1S/C24H25N3O2S/c1-26(17-18-9-2-5-12-21(18)27-14-6-7-15-27)24(29)19-10-3-4-11-20(19)25-23(28)22-13-8-16-30-22/h2-5,8-13,16H,6-7,14-15,17H2,1H3,(H,25,28). The van der Waals surface area contributed by atoms with E-state index in [0.717, 1.165) is 18.7 Å². The van der Waals surface area contributed by atoms with Crippen LogP contribution in [0.5, 0.6) is 0 Å². The Morgan fingerprint density at radius 2 is 1.73 bits per heavy atom. The number of hydrogen-bond donors (Lipinski definition) is 1. The topological polar surface area (TPSA) is 52.6 Å². The second-order valence-corrected chi connectivity index (χ2v) is 8.41. The van der Waals surface area contributed by atoms with Gasteiger partial charge in [-0.25, -0.2) is 0 Å². The molecule has 1 fully saturated rings. The van der Waals surface area contributed by atoms with Crippen LogP contribution in [0, 0.1) is 0 Å². The first-order chi connectivity index (χ1) is 14.6. The molecule has 1 aliphatic rings. The molecule has 30 heavy (non-hydrogen) atoms. The van der Waals surface area contributed by atoms with Gasteiger partial charge < -0.3 is 15.1 Å². The summed E-state index contributed by atoms with van der Waals surface area (Å²) in [6, 6.07) is 19.1. The number of carbonyl (C=O) groups excluding carboxylic acids is 2. The van der Waals surface area contributed by atoms with Gasteiger partial charge >= 0.3 is 0 Å². The summed E-state index contributed by atoms with van der Waals surface area (Å²) in [7, 11) is 1.81. The van der Waals surface area contributed by atoms with Crippen LogP contribution in [0.3, 0.4) is 0 Å². The van der Waals surface area contributed by atoms with Crippen molar-refractivity contribution in [3.8, 4) is 0 Å². The minimum atomic E-state index is -0.202. The van der Waals surface area contributed by atoms with Crippen LogP contribution in [0.1, 0.15) is 38.4 Å². The largest absolute Gasteiger partial charge is 0.371 e. The van der Waals surface area contributed by atoms with Gasteiger partial charge in [0.2, 0.25) is 0 Å². The molecule has 0 radical (unpaired) electrons. The molecule has 0 unspecified atom stereocenters. The number of anilines is 2. The van der Waals surface area contributed by atoms with Gasteiger partial charge in [0.15, 0.2) is 0 Å². The zero-order valence-corrected chi connectivity index (χ0v) is 17.8. The molecule has 6 heteroatoms. The number of nitrogens with zero attached hydrogens (tertiary/aromatic N) is 2. The number of carbonyl (C=O) groups is 2. The maximum absolute atomic E-state index is 13.2. The van der Waals surface area contributed by atoms with Crippen molar-refractivity contribution in [1.29, 1.82) is 0 Å². The maximum atomic E-state index is 13.2. The normalized spacial score (nSPS) is 13.3. The molecule has 1 N–H and O–H groups in total. The molecule has 5 nitrogen and oxygen atoms in total. The molecule has 154 valence electrons. The van der Waals surface area contributed by atoms with Crippen LogP contribution in [0.4, 0.5) is 11.4 Å². The van der Waals surface area contributed by atoms with E-state index in [1.165, 1.54) is 29.9 Å². The van der Waals surface area contributed by atoms with Gasteiger partial charge in [-0.2, -0.15) is 0 Å². The van der Waals surface area contributed by atoms with Crippen LogP contribution >= 0.6 is 11.3 Å². The highest BCUT2D eigenvalue weighted by molar-refractivity contribution is 7.12. The number of para-hydroxylation sites is 2. The van der Waals surface area contributed by atoms with E-state index in [2.05, 4.69) is 22.3 Å². The van der Waals surface area contributed by atoms with Crippen LogP contribution in [0.15, 0.2) is 66.0 Å². The fourth-order valence-corrected chi connectivity index (χ4v) is 4.43. The van der Waals surface area contributed by atoms with Crippen molar-refractivity contribution in [2.75, 3.05) is 30.4 Å². The Morgan fingerprint density at radius 1 is 1.00 bits per heavy atom. The molecule has 0 saturated carbocycles. The Bertz CT molecular complexity index is 1030. The molecule has 3 aromatic rings. The predicted molar refractivity (Wildman–Crippen MR) is 122 cm³/mol. The third-order valence-electron chi connectivity index (χ3n) is 5.34. The first-order valence-corrected chi connectivity index (χ1v) is 11.0. The highest BCUT2D eigenvalue weighted by atomic mass is 32.1. The number of thiophene rings is 1. The second-order valence-electron chi connectivity index (χ2n) is 7.46. The van der Waals surface area contributed by atoms with E-state index in [0.29, 0.717) is 22.7 Å². The third kappa shape index (κ3) is 4.39. The quantitative estimate of drug-likeness (QED) is 0.620. The molecule has 1 aliphatic heterocycles. The van der Waals surface area contributed by atoms with E-state index in [1.54, 1.807) is 30.1 Å². The maximum Gasteiger partial charge on any atom is 0.265 e. The van der Waals surface area contributed by atoms with Gasteiger partial charge in [-0.15, -0.1) is 11.3 Å². The summed E-state index contributed by atoms with van der Waals surface area (Å²) in [5, 5.41) is 4.74. The second kappa shape index (κ2) is 9.13.